The number of rotatable bonds is 4. The maximum absolute atomic E-state index is 13.0. The summed E-state index contributed by atoms with van der Waals surface area (Å²) in [7, 11) is 0. The second-order valence-electron chi connectivity index (χ2n) is 7.27. The third kappa shape index (κ3) is 4.12. The number of carbonyl (C=O) groups excluding carboxylic acids is 2. The second kappa shape index (κ2) is 8.17. The van der Waals surface area contributed by atoms with Gasteiger partial charge in [-0.05, 0) is 36.4 Å². The Balaban J connectivity index is 1.49. The SMILES string of the molecule is Nc1[nH]cc2cc(NC(=O)[C@H](O)[C@H]3OCCN(c4cccc(C(F)(F)F)c4)C3=O)ccc12. The lowest BCUT2D eigenvalue weighted by Gasteiger charge is -2.34. The molecule has 0 unspecified atom stereocenters. The fourth-order valence-electron chi connectivity index (χ4n) is 3.53. The minimum absolute atomic E-state index is 0.00114. The highest BCUT2D eigenvalue weighted by Crippen LogP contribution is 2.32. The van der Waals surface area contributed by atoms with Gasteiger partial charge in [0.05, 0.1) is 12.2 Å². The van der Waals surface area contributed by atoms with Crippen molar-refractivity contribution < 1.29 is 32.6 Å². The van der Waals surface area contributed by atoms with Crippen molar-refractivity contribution in [3.63, 3.8) is 0 Å². The third-order valence-corrected chi connectivity index (χ3v) is 5.15. The lowest BCUT2D eigenvalue weighted by molar-refractivity contribution is -0.150. The summed E-state index contributed by atoms with van der Waals surface area (Å²) in [5, 5.41) is 14.4. The minimum Gasteiger partial charge on any atom is -0.385 e. The first-order valence-corrected chi connectivity index (χ1v) is 9.61. The first-order chi connectivity index (χ1) is 15.1. The fourth-order valence-corrected chi connectivity index (χ4v) is 3.53. The molecule has 0 radical (unpaired) electrons. The van der Waals surface area contributed by atoms with Crippen LogP contribution in [0.5, 0.6) is 0 Å². The number of aliphatic hydroxyl groups is 1. The largest absolute Gasteiger partial charge is 0.416 e. The van der Waals surface area contributed by atoms with Crippen LogP contribution < -0.4 is 16.0 Å². The van der Waals surface area contributed by atoms with E-state index in [1.165, 1.54) is 12.1 Å². The smallest absolute Gasteiger partial charge is 0.385 e. The number of aromatic amines is 1. The summed E-state index contributed by atoms with van der Waals surface area (Å²) >= 11 is 0. The topological polar surface area (TPSA) is 121 Å². The van der Waals surface area contributed by atoms with Gasteiger partial charge in [-0.2, -0.15) is 13.2 Å². The van der Waals surface area contributed by atoms with Gasteiger partial charge in [-0.25, -0.2) is 0 Å². The Kier molecular flexibility index (Phi) is 5.53. The molecule has 2 amide bonds. The molecule has 168 valence electrons. The molecule has 0 aliphatic carbocycles. The van der Waals surface area contributed by atoms with E-state index in [1.807, 2.05) is 0 Å². The normalized spacial score (nSPS) is 18.1. The molecule has 5 N–H and O–H groups in total. The zero-order valence-electron chi connectivity index (χ0n) is 16.5. The van der Waals surface area contributed by atoms with Crippen LogP contribution in [0.25, 0.3) is 10.8 Å². The highest BCUT2D eigenvalue weighted by atomic mass is 19.4. The maximum atomic E-state index is 13.0. The highest BCUT2D eigenvalue weighted by molar-refractivity contribution is 6.04. The van der Waals surface area contributed by atoms with Gasteiger partial charge in [-0.3, -0.25) is 9.59 Å². The van der Waals surface area contributed by atoms with Gasteiger partial charge in [0.25, 0.3) is 11.8 Å². The Morgan fingerprint density at radius 2 is 2.06 bits per heavy atom. The van der Waals surface area contributed by atoms with Crippen molar-refractivity contribution >= 4 is 39.8 Å². The molecule has 0 spiro atoms. The molecule has 0 saturated carbocycles. The van der Waals surface area contributed by atoms with Crippen molar-refractivity contribution in [2.75, 3.05) is 29.1 Å². The van der Waals surface area contributed by atoms with E-state index >= 15 is 0 Å². The number of halogens is 3. The number of hydrogen-bond acceptors (Lipinski definition) is 5. The van der Waals surface area contributed by atoms with Gasteiger partial charge in [0.1, 0.15) is 5.82 Å². The zero-order valence-corrected chi connectivity index (χ0v) is 16.5. The van der Waals surface area contributed by atoms with Crippen molar-refractivity contribution in [1.29, 1.82) is 0 Å². The monoisotopic (exact) mass is 448 g/mol. The average Bonchev–Trinajstić information content (AvgIpc) is 3.13. The predicted octanol–water partition coefficient (Wildman–Crippen LogP) is 2.50. The Bertz CT molecular complexity index is 1180. The van der Waals surface area contributed by atoms with Crippen LogP contribution in [0.1, 0.15) is 5.56 Å². The van der Waals surface area contributed by atoms with E-state index in [1.54, 1.807) is 24.4 Å². The number of aromatic nitrogens is 1. The van der Waals surface area contributed by atoms with Crippen LogP contribution in [0.3, 0.4) is 0 Å². The Labute approximate surface area is 179 Å². The number of amides is 2. The number of nitrogens with one attached hydrogen (secondary N) is 2. The van der Waals surface area contributed by atoms with Crippen LogP contribution in [0.4, 0.5) is 30.4 Å². The third-order valence-electron chi connectivity index (χ3n) is 5.15. The van der Waals surface area contributed by atoms with Crippen molar-refractivity contribution in [3.8, 4) is 0 Å². The number of benzene rings is 2. The molecule has 1 fully saturated rings. The lowest BCUT2D eigenvalue weighted by atomic mass is 10.1. The minimum atomic E-state index is -4.57. The van der Waals surface area contributed by atoms with Crippen molar-refractivity contribution in [3.05, 3.63) is 54.2 Å². The average molecular weight is 448 g/mol. The number of anilines is 3. The number of morpholine rings is 1. The summed E-state index contributed by atoms with van der Waals surface area (Å²) in [5.41, 5.74) is 5.23. The van der Waals surface area contributed by atoms with Crippen LogP contribution in [0, 0.1) is 0 Å². The van der Waals surface area contributed by atoms with E-state index in [2.05, 4.69) is 10.3 Å². The van der Waals surface area contributed by atoms with E-state index in [0.717, 1.165) is 27.8 Å². The summed E-state index contributed by atoms with van der Waals surface area (Å²) in [6.45, 7) is -0.0812. The number of H-pyrrole nitrogens is 1. The van der Waals surface area contributed by atoms with E-state index in [0.29, 0.717) is 11.5 Å². The van der Waals surface area contributed by atoms with Gasteiger partial charge in [-0.1, -0.05) is 6.07 Å². The number of alkyl halides is 3. The number of fused-ring (bicyclic) bond motifs is 1. The molecule has 2 atom stereocenters. The molecule has 0 bridgehead atoms. The molecular weight excluding hydrogens is 429 g/mol. The molecule has 1 aromatic heterocycles. The Hall–Kier alpha value is -3.57. The van der Waals surface area contributed by atoms with Crippen molar-refractivity contribution in [2.24, 2.45) is 0 Å². The van der Waals surface area contributed by atoms with Crippen molar-refractivity contribution in [2.45, 2.75) is 18.4 Å². The van der Waals surface area contributed by atoms with Gasteiger partial charge in [0.15, 0.2) is 12.2 Å². The van der Waals surface area contributed by atoms with Gasteiger partial charge in [-0.15, -0.1) is 0 Å². The number of nitrogens with zero attached hydrogens (tertiary/aromatic N) is 1. The quantitative estimate of drug-likeness (QED) is 0.489. The molecule has 2 aromatic carbocycles. The van der Waals surface area contributed by atoms with Crippen LogP contribution >= 0.6 is 0 Å². The molecule has 1 saturated heterocycles. The van der Waals surface area contributed by atoms with E-state index in [-0.39, 0.29) is 18.8 Å². The number of ether oxygens (including phenoxy) is 1. The fraction of sp³-hybridized carbons (Fsp3) is 0.238. The highest BCUT2D eigenvalue weighted by Gasteiger charge is 2.40. The number of hydrogen-bond donors (Lipinski definition) is 4. The number of carbonyl (C=O) groups is 2. The molecule has 4 rings (SSSR count). The molecule has 1 aliphatic rings. The summed E-state index contributed by atoms with van der Waals surface area (Å²) < 4.78 is 44.3. The van der Waals surface area contributed by atoms with Gasteiger partial charge in [0, 0.05) is 34.9 Å². The van der Waals surface area contributed by atoms with E-state index in [9.17, 15) is 27.9 Å². The molecular formula is C21H19F3N4O4. The van der Waals surface area contributed by atoms with Gasteiger partial charge in [0.2, 0.25) is 0 Å². The first-order valence-electron chi connectivity index (χ1n) is 9.61. The summed E-state index contributed by atoms with van der Waals surface area (Å²) in [6.07, 6.45) is -6.36. The maximum Gasteiger partial charge on any atom is 0.416 e. The van der Waals surface area contributed by atoms with Gasteiger partial charge < -0.3 is 30.8 Å². The summed E-state index contributed by atoms with van der Waals surface area (Å²) in [4.78, 5) is 29.3. The Morgan fingerprint density at radius 1 is 1.28 bits per heavy atom. The molecule has 3 aromatic rings. The zero-order chi connectivity index (χ0) is 23.0. The summed E-state index contributed by atoms with van der Waals surface area (Å²) in [5.74, 6) is -1.24. The molecule has 8 nitrogen and oxygen atoms in total. The second-order valence-corrected chi connectivity index (χ2v) is 7.27. The molecule has 2 heterocycles. The lowest BCUT2D eigenvalue weighted by Crippen LogP contribution is -2.55. The molecule has 11 heteroatoms. The Morgan fingerprint density at radius 3 is 2.81 bits per heavy atom. The molecule has 32 heavy (non-hydrogen) atoms. The standard InChI is InChI=1S/C21H19F3N4O4/c22-21(23,24)12-2-1-3-14(9-12)28-6-7-32-17(20(28)31)16(29)19(30)27-13-4-5-15-11(8-13)10-26-18(15)25/h1-5,8-10,16-17,26,29H,6-7,25H2,(H,27,30)/t16-,17-/m1/s1. The van der Waals surface area contributed by atoms with Crippen LogP contribution in [-0.2, 0) is 20.5 Å². The number of aliphatic hydroxyl groups excluding tert-OH is 1. The van der Waals surface area contributed by atoms with E-state index in [4.69, 9.17) is 10.5 Å². The van der Waals surface area contributed by atoms with Crippen LogP contribution in [-0.4, -0.2) is 47.3 Å². The van der Waals surface area contributed by atoms with Gasteiger partial charge >= 0.3 is 6.18 Å². The van der Waals surface area contributed by atoms with Crippen LogP contribution in [0.2, 0.25) is 0 Å². The number of nitrogens with two attached hydrogens (primary N) is 1. The number of nitrogen functional groups attached to an aromatic ring is 1. The summed E-state index contributed by atoms with van der Waals surface area (Å²) in [6, 6.07) is 9.15. The molecule has 1 aliphatic heterocycles. The van der Waals surface area contributed by atoms with Crippen LogP contribution in [0.15, 0.2) is 48.7 Å². The first kappa shape index (κ1) is 21.7. The van der Waals surface area contributed by atoms with Crippen molar-refractivity contribution in [1.82, 2.24) is 4.98 Å². The predicted molar refractivity (Wildman–Crippen MR) is 111 cm³/mol. The van der Waals surface area contributed by atoms with E-state index < -0.39 is 35.8 Å².